The maximum Gasteiger partial charge on any atom is 0.144 e. The molecule has 1 aromatic carbocycles. The molecule has 0 saturated carbocycles. The number of fused-ring (bicyclic) bond motifs is 2. The molecule has 0 spiro atoms. The third-order valence-corrected chi connectivity index (χ3v) is 6.18. The van der Waals surface area contributed by atoms with E-state index in [2.05, 4.69) is 25.6 Å². The molecule has 0 atom stereocenters. The summed E-state index contributed by atoms with van der Waals surface area (Å²) in [5.74, 6) is -1.59. The highest BCUT2D eigenvalue weighted by Crippen LogP contribution is 2.39. The molecule has 5 aromatic rings. The lowest BCUT2D eigenvalue weighted by Crippen LogP contribution is -2.21. The Morgan fingerprint density at radius 2 is 1.95 bits per heavy atom. The maximum absolute atomic E-state index is 14.9. The van der Waals surface area contributed by atoms with Gasteiger partial charge in [-0.25, -0.2) is 13.8 Å². The van der Waals surface area contributed by atoms with E-state index in [4.69, 9.17) is 22.0 Å². The van der Waals surface area contributed by atoms with E-state index >= 15 is 0 Å². The maximum atomic E-state index is 14.9. The Balaban J connectivity index is 1.66. The predicted molar refractivity (Wildman–Crippen MR) is 144 cm³/mol. The van der Waals surface area contributed by atoms with Gasteiger partial charge in [0.15, 0.2) is 0 Å². The molecule has 186 valence electrons. The second kappa shape index (κ2) is 10.4. The van der Waals surface area contributed by atoms with E-state index in [1.54, 1.807) is 30.7 Å². The number of halogens is 3. The first-order valence-corrected chi connectivity index (χ1v) is 11.9. The van der Waals surface area contributed by atoms with E-state index < -0.39 is 11.6 Å². The summed E-state index contributed by atoms with van der Waals surface area (Å²) in [7, 11) is 1.87. The Kier molecular flexibility index (Phi) is 6.89. The molecule has 10 heteroatoms. The van der Waals surface area contributed by atoms with E-state index in [0.29, 0.717) is 51.1 Å². The van der Waals surface area contributed by atoms with Crippen molar-refractivity contribution in [3.63, 3.8) is 0 Å². The van der Waals surface area contributed by atoms with Crippen LogP contribution < -0.4 is 10.6 Å². The number of likely N-dealkylation sites (N-methyl/N-ethyl adjacent to an activating group) is 1. The Morgan fingerprint density at radius 3 is 2.76 bits per heavy atom. The zero-order valence-corrected chi connectivity index (χ0v) is 20.5. The molecule has 0 fully saturated rings. The molecule has 0 unspecified atom stereocenters. The summed E-state index contributed by atoms with van der Waals surface area (Å²) in [5.41, 5.74) is 5.45. The van der Waals surface area contributed by atoms with Crippen molar-refractivity contribution in [1.82, 2.24) is 30.6 Å². The molecule has 0 radical (unpaired) electrons. The van der Waals surface area contributed by atoms with Gasteiger partial charge in [-0.05, 0) is 43.4 Å². The second-order valence-corrected chi connectivity index (χ2v) is 8.69. The van der Waals surface area contributed by atoms with E-state index in [1.165, 1.54) is 12.3 Å². The van der Waals surface area contributed by atoms with Gasteiger partial charge in [-0.3, -0.25) is 9.97 Å². The van der Waals surface area contributed by atoms with Crippen LogP contribution in [-0.2, 0) is 0 Å². The van der Waals surface area contributed by atoms with Gasteiger partial charge < -0.3 is 21.0 Å². The minimum Gasteiger partial charge on any atom is -0.389 e. The van der Waals surface area contributed by atoms with Crippen molar-refractivity contribution in [3.8, 4) is 22.5 Å². The summed E-state index contributed by atoms with van der Waals surface area (Å²) in [6.07, 6.45) is 6.34. The minimum atomic E-state index is -0.836. The number of hydrogen-bond acceptors (Lipinski definition) is 6. The van der Waals surface area contributed by atoms with Gasteiger partial charge >= 0.3 is 0 Å². The van der Waals surface area contributed by atoms with E-state index in [9.17, 15) is 8.78 Å². The number of allylic oxidation sites excluding steroid dienone is 1. The summed E-state index contributed by atoms with van der Waals surface area (Å²) < 4.78 is 28.8. The van der Waals surface area contributed by atoms with Crippen LogP contribution in [0.2, 0.25) is 5.02 Å². The van der Waals surface area contributed by atoms with Crippen LogP contribution in [-0.4, -0.2) is 46.3 Å². The van der Waals surface area contributed by atoms with Gasteiger partial charge in [-0.1, -0.05) is 11.6 Å². The normalized spacial score (nSPS) is 11.8. The minimum absolute atomic E-state index is 0.106. The molecule has 4 heterocycles. The van der Waals surface area contributed by atoms with Crippen molar-refractivity contribution < 1.29 is 8.78 Å². The van der Waals surface area contributed by atoms with Crippen LogP contribution in [0.5, 0.6) is 0 Å². The number of pyridine rings is 3. The van der Waals surface area contributed by atoms with Crippen LogP contribution in [0, 0.1) is 17.0 Å². The number of H-pyrrole nitrogens is 1. The molecule has 5 rings (SSSR count). The van der Waals surface area contributed by atoms with Crippen molar-refractivity contribution >= 4 is 45.5 Å². The van der Waals surface area contributed by atoms with Crippen molar-refractivity contribution in [1.29, 1.82) is 5.41 Å². The van der Waals surface area contributed by atoms with E-state index in [1.807, 2.05) is 25.2 Å². The molecule has 0 saturated heterocycles. The van der Waals surface area contributed by atoms with Gasteiger partial charge in [0.25, 0.3) is 0 Å². The first kappa shape index (κ1) is 24.5. The topological polar surface area (TPSA) is 102 Å². The number of nitrogens with one attached hydrogen (secondary N) is 4. The van der Waals surface area contributed by atoms with Gasteiger partial charge in [0.2, 0.25) is 0 Å². The second-order valence-electron chi connectivity index (χ2n) is 8.28. The lowest BCUT2D eigenvalue weighted by molar-refractivity contribution is 0.585. The van der Waals surface area contributed by atoms with Gasteiger partial charge in [0, 0.05) is 60.7 Å². The molecule has 37 heavy (non-hydrogen) atoms. The molecule has 7 nitrogen and oxygen atoms in total. The van der Waals surface area contributed by atoms with Crippen LogP contribution in [0.3, 0.4) is 0 Å². The summed E-state index contributed by atoms with van der Waals surface area (Å²) in [4.78, 5) is 17.0. The van der Waals surface area contributed by atoms with Gasteiger partial charge in [0.05, 0.1) is 44.0 Å². The van der Waals surface area contributed by atoms with Crippen LogP contribution in [0.25, 0.3) is 50.2 Å². The van der Waals surface area contributed by atoms with E-state index in [-0.39, 0.29) is 10.6 Å². The molecular formula is C27H22ClF2N7. The number of hydrogen-bond donors (Lipinski definition) is 4. The van der Waals surface area contributed by atoms with Crippen molar-refractivity contribution in [2.45, 2.75) is 0 Å². The molecule has 4 aromatic heterocycles. The largest absolute Gasteiger partial charge is 0.389 e. The molecule has 4 N–H and O–H groups in total. The first-order chi connectivity index (χ1) is 18.0. The fourth-order valence-corrected chi connectivity index (χ4v) is 4.24. The van der Waals surface area contributed by atoms with Crippen molar-refractivity contribution in [3.05, 3.63) is 83.3 Å². The predicted octanol–water partition coefficient (Wildman–Crippen LogP) is 5.57. The molecule has 0 bridgehead atoms. The monoisotopic (exact) mass is 517 g/mol. The molecule has 0 aliphatic heterocycles. The fraction of sp³-hybridized carbons (Fsp3) is 0.111. The lowest BCUT2D eigenvalue weighted by atomic mass is 10.0. The Morgan fingerprint density at radius 1 is 1.08 bits per heavy atom. The van der Waals surface area contributed by atoms with Crippen LogP contribution >= 0.6 is 11.6 Å². The SMILES string of the molecule is CNCCN/C=C(\C=N)c1cnc2ccc(-c3c(-c4cc(Cl)c(F)cc4F)[nH]c4cccnc34)nc2c1. The Bertz CT molecular complexity index is 1660. The molecule has 0 aliphatic carbocycles. The molecular weight excluding hydrogens is 496 g/mol. The Hall–Kier alpha value is -4.21. The number of rotatable bonds is 8. The van der Waals surface area contributed by atoms with Gasteiger partial charge in [-0.2, -0.15) is 0 Å². The summed E-state index contributed by atoms with van der Waals surface area (Å²) in [5, 5.41) is 13.9. The van der Waals surface area contributed by atoms with Gasteiger partial charge in [0.1, 0.15) is 11.6 Å². The average molecular weight is 518 g/mol. The number of benzene rings is 1. The molecule has 0 aliphatic rings. The average Bonchev–Trinajstić information content (AvgIpc) is 3.29. The van der Waals surface area contributed by atoms with Crippen molar-refractivity contribution in [2.24, 2.45) is 0 Å². The highest BCUT2D eigenvalue weighted by atomic mass is 35.5. The smallest absolute Gasteiger partial charge is 0.144 e. The number of nitrogens with zero attached hydrogens (tertiary/aromatic N) is 3. The zero-order valence-electron chi connectivity index (χ0n) is 19.7. The standard InChI is InChI=1S/C27H22ClF2N7/c1-32-7-8-33-13-16(12-31)15-9-24-21(35-14-15)4-5-22(36-24)25-26(37-23-3-2-6-34-27(23)25)17-10-18(28)20(30)11-19(17)29/h2-6,9-14,31-33,37H,7-8H2,1H3/b16-13+,31-12?. The lowest BCUT2D eigenvalue weighted by Gasteiger charge is -2.09. The fourth-order valence-electron chi connectivity index (χ4n) is 4.08. The number of aromatic nitrogens is 4. The van der Waals surface area contributed by atoms with Crippen LogP contribution in [0.1, 0.15) is 5.56 Å². The Labute approximate surface area is 216 Å². The van der Waals surface area contributed by atoms with E-state index in [0.717, 1.165) is 18.2 Å². The third kappa shape index (κ3) is 4.78. The van der Waals surface area contributed by atoms with Gasteiger partial charge in [-0.15, -0.1) is 0 Å². The quantitative estimate of drug-likeness (QED) is 0.122. The number of aromatic amines is 1. The molecule has 0 amide bonds. The third-order valence-electron chi connectivity index (χ3n) is 5.89. The highest BCUT2D eigenvalue weighted by molar-refractivity contribution is 6.31. The van der Waals surface area contributed by atoms with Crippen molar-refractivity contribution in [2.75, 3.05) is 20.1 Å². The zero-order chi connectivity index (χ0) is 25.9. The summed E-state index contributed by atoms with van der Waals surface area (Å²) >= 11 is 6.00. The highest BCUT2D eigenvalue weighted by Gasteiger charge is 2.21. The summed E-state index contributed by atoms with van der Waals surface area (Å²) in [6, 6.07) is 11.1. The first-order valence-electron chi connectivity index (χ1n) is 11.5. The summed E-state index contributed by atoms with van der Waals surface area (Å²) in [6.45, 7) is 1.49. The van der Waals surface area contributed by atoms with Crippen LogP contribution in [0.4, 0.5) is 8.78 Å². The van der Waals surface area contributed by atoms with Crippen LogP contribution in [0.15, 0.2) is 61.1 Å².